The van der Waals surface area contributed by atoms with Gasteiger partial charge in [-0.2, -0.15) is 0 Å². The molecule has 33 heavy (non-hydrogen) atoms. The van der Waals surface area contributed by atoms with Crippen molar-refractivity contribution in [2.45, 2.75) is 51.6 Å². The lowest BCUT2D eigenvalue weighted by atomic mass is 9.70. The van der Waals surface area contributed by atoms with Gasteiger partial charge in [-0.25, -0.2) is 9.78 Å². The lowest BCUT2D eigenvalue weighted by Crippen LogP contribution is -2.52. The molecule has 172 valence electrons. The maximum absolute atomic E-state index is 12.0. The van der Waals surface area contributed by atoms with E-state index in [1.807, 2.05) is 6.20 Å². The van der Waals surface area contributed by atoms with Crippen LogP contribution in [0.5, 0.6) is 0 Å². The second-order valence-electron chi connectivity index (χ2n) is 10.5. The number of imidazole rings is 1. The molecule has 1 saturated heterocycles. The minimum Gasteiger partial charge on any atom is -0.465 e. The Labute approximate surface area is 203 Å². The first-order valence-corrected chi connectivity index (χ1v) is 12.4. The number of carbonyl (C=O) groups is 1. The third-order valence-electron chi connectivity index (χ3n) is 7.53. The Morgan fingerprint density at radius 2 is 1.91 bits per heavy atom. The van der Waals surface area contributed by atoms with Gasteiger partial charge >= 0.3 is 6.09 Å². The van der Waals surface area contributed by atoms with E-state index in [-0.39, 0.29) is 17.0 Å². The lowest BCUT2D eigenvalue weighted by molar-refractivity contribution is 0.0345. The fraction of sp³-hybridized carbons (Fsp3) is 0.407. The molecule has 0 radical (unpaired) electrons. The minimum absolute atomic E-state index is 0.00498. The van der Waals surface area contributed by atoms with Crippen LogP contribution in [-0.2, 0) is 5.54 Å². The summed E-state index contributed by atoms with van der Waals surface area (Å²) in [5, 5.41) is 9.84. The van der Waals surface area contributed by atoms with E-state index < -0.39 is 6.09 Å². The first-order valence-electron chi connectivity index (χ1n) is 11.6. The smallest absolute Gasteiger partial charge is 0.407 e. The molecule has 6 heteroatoms. The quantitative estimate of drug-likeness (QED) is 0.433. The fourth-order valence-corrected chi connectivity index (χ4v) is 6.28. The standard InChI is InChI=1S/C27H30BrN3O2/c1-26(2,3)23-16-18(12-14-30(23)25(32)33)17-27(19-8-10-20(28)11-9-19)22-7-5-4-6-21(22)24-29-13-15-31(24)27/h4-11,13,15,18,23H,12,14,16-17H2,1-3H3,(H,32,33). The highest BCUT2D eigenvalue weighted by Gasteiger charge is 2.48. The van der Waals surface area contributed by atoms with Crippen molar-refractivity contribution in [3.8, 4) is 11.4 Å². The second kappa shape index (κ2) is 8.01. The zero-order chi connectivity index (χ0) is 23.4. The zero-order valence-electron chi connectivity index (χ0n) is 19.3. The highest BCUT2D eigenvalue weighted by Crippen LogP contribution is 2.52. The van der Waals surface area contributed by atoms with E-state index >= 15 is 0 Å². The molecule has 5 rings (SSSR count). The van der Waals surface area contributed by atoms with Gasteiger partial charge in [-0.1, -0.05) is 73.1 Å². The molecule has 1 N–H and O–H groups in total. The number of hydrogen-bond donors (Lipinski definition) is 1. The highest BCUT2D eigenvalue weighted by atomic mass is 79.9. The molecule has 1 aromatic heterocycles. The Morgan fingerprint density at radius 1 is 1.18 bits per heavy atom. The summed E-state index contributed by atoms with van der Waals surface area (Å²) in [4.78, 5) is 18.4. The van der Waals surface area contributed by atoms with Crippen molar-refractivity contribution in [1.82, 2.24) is 14.5 Å². The summed E-state index contributed by atoms with van der Waals surface area (Å²) in [7, 11) is 0. The Balaban J connectivity index is 1.61. The van der Waals surface area contributed by atoms with Crippen LogP contribution < -0.4 is 0 Å². The van der Waals surface area contributed by atoms with E-state index in [4.69, 9.17) is 4.98 Å². The number of aromatic nitrogens is 2. The predicted octanol–water partition coefficient (Wildman–Crippen LogP) is 6.61. The molecule has 2 aliphatic rings. The minimum atomic E-state index is -0.806. The van der Waals surface area contributed by atoms with Crippen molar-refractivity contribution in [2.24, 2.45) is 11.3 Å². The summed E-state index contributed by atoms with van der Waals surface area (Å²) in [5.74, 6) is 1.39. The molecular formula is C27H30BrN3O2. The number of carboxylic acid groups (broad SMARTS) is 1. The Kier molecular flexibility index (Phi) is 5.39. The number of hydrogen-bond acceptors (Lipinski definition) is 2. The van der Waals surface area contributed by atoms with Crippen LogP contribution >= 0.6 is 15.9 Å². The van der Waals surface area contributed by atoms with E-state index in [1.54, 1.807) is 4.90 Å². The monoisotopic (exact) mass is 507 g/mol. The third kappa shape index (κ3) is 3.59. The van der Waals surface area contributed by atoms with Crippen LogP contribution in [0.25, 0.3) is 11.4 Å². The molecule has 1 amide bonds. The molecular weight excluding hydrogens is 478 g/mol. The number of halogens is 1. The number of likely N-dealkylation sites (tertiary alicyclic amines) is 1. The molecule has 0 saturated carbocycles. The van der Waals surface area contributed by atoms with Gasteiger partial charge in [0.05, 0.1) is 5.54 Å². The summed E-state index contributed by atoms with van der Waals surface area (Å²) in [6.07, 6.45) is 5.83. The average molecular weight is 508 g/mol. The number of rotatable bonds is 3. The fourth-order valence-electron chi connectivity index (χ4n) is 6.02. The molecule has 2 aromatic carbocycles. The molecule has 3 atom stereocenters. The van der Waals surface area contributed by atoms with Crippen LogP contribution in [0, 0.1) is 11.3 Å². The number of nitrogens with zero attached hydrogens (tertiary/aromatic N) is 3. The van der Waals surface area contributed by atoms with Gasteiger partial charge in [-0.05, 0) is 53.9 Å². The summed E-state index contributed by atoms with van der Waals surface area (Å²) in [6, 6.07) is 17.2. The van der Waals surface area contributed by atoms with Crippen molar-refractivity contribution in [3.63, 3.8) is 0 Å². The van der Waals surface area contributed by atoms with E-state index in [2.05, 4.69) is 96.0 Å². The first kappa shape index (κ1) is 22.2. The van der Waals surface area contributed by atoms with E-state index in [0.29, 0.717) is 12.5 Å². The SMILES string of the molecule is CC(C)(C)C1CC(CC2(c3ccc(Br)cc3)c3ccccc3-c3nccn32)CCN1C(=O)O. The normalized spacial score (nSPS) is 24.4. The highest BCUT2D eigenvalue weighted by molar-refractivity contribution is 9.10. The van der Waals surface area contributed by atoms with Crippen LogP contribution in [0.1, 0.15) is 51.2 Å². The van der Waals surface area contributed by atoms with E-state index in [1.165, 1.54) is 16.7 Å². The van der Waals surface area contributed by atoms with Crippen molar-refractivity contribution in [1.29, 1.82) is 0 Å². The number of piperidine rings is 1. The van der Waals surface area contributed by atoms with Gasteiger partial charge in [0.25, 0.3) is 0 Å². The molecule has 2 aliphatic heterocycles. The maximum atomic E-state index is 12.0. The second-order valence-corrected chi connectivity index (χ2v) is 11.4. The van der Waals surface area contributed by atoms with E-state index in [9.17, 15) is 9.90 Å². The van der Waals surface area contributed by atoms with Crippen molar-refractivity contribution in [2.75, 3.05) is 6.54 Å². The largest absolute Gasteiger partial charge is 0.465 e. The Morgan fingerprint density at radius 3 is 2.61 bits per heavy atom. The van der Waals surface area contributed by atoms with Gasteiger partial charge in [0.2, 0.25) is 0 Å². The zero-order valence-corrected chi connectivity index (χ0v) is 20.9. The number of amides is 1. The Hall–Kier alpha value is -2.60. The van der Waals surface area contributed by atoms with E-state index in [0.717, 1.165) is 29.6 Å². The Bertz CT molecular complexity index is 1180. The molecule has 3 unspecified atom stereocenters. The van der Waals surface area contributed by atoms with Crippen molar-refractivity contribution in [3.05, 3.63) is 76.5 Å². The topological polar surface area (TPSA) is 58.4 Å². The van der Waals surface area contributed by atoms with Crippen LogP contribution in [0.3, 0.4) is 0 Å². The van der Waals surface area contributed by atoms with Crippen LogP contribution in [0.15, 0.2) is 65.4 Å². The van der Waals surface area contributed by atoms with Crippen LogP contribution in [0.4, 0.5) is 4.79 Å². The molecule has 5 nitrogen and oxygen atoms in total. The molecule has 3 aromatic rings. The third-order valence-corrected chi connectivity index (χ3v) is 8.06. The summed E-state index contributed by atoms with van der Waals surface area (Å²) < 4.78 is 3.40. The van der Waals surface area contributed by atoms with Crippen molar-refractivity contribution < 1.29 is 9.90 Å². The molecule has 0 aliphatic carbocycles. The lowest BCUT2D eigenvalue weighted by Gasteiger charge is -2.47. The summed E-state index contributed by atoms with van der Waals surface area (Å²) >= 11 is 3.60. The summed E-state index contributed by atoms with van der Waals surface area (Å²) in [6.45, 7) is 7.04. The number of fused-ring (bicyclic) bond motifs is 3. The van der Waals surface area contributed by atoms with Gasteiger partial charge < -0.3 is 14.6 Å². The van der Waals surface area contributed by atoms with Gasteiger partial charge in [-0.3, -0.25) is 0 Å². The first-order chi connectivity index (χ1) is 15.7. The number of benzene rings is 2. The van der Waals surface area contributed by atoms with Gasteiger partial charge in [0, 0.05) is 35.0 Å². The molecule has 1 fully saturated rings. The van der Waals surface area contributed by atoms with Crippen molar-refractivity contribution >= 4 is 22.0 Å². The van der Waals surface area contributed by atoms with Crippen LogP contribution in [-0.4, -0.2) is 38.2 Å². The average Bonchev–Trinajstić information content (AvgIpc) is 3.36. The van der Waals surface area contributed by atoms with Crippen LogP contribution in [0.2, 0.25) is 0 Å². The predicted molar refractivity (Wildman–Crippen MR) is 133 cm³/mol. The summed E-state index contributed by atoms with van der Waals surface area (Å²) in [5.41, 5.74) is 3.23. The van der Waals surface area contributed by atoms with Gasteiger partial charge in [0.15, 0.2) is 0 Å². The van der Waals surface area contributed by atoms with Gasteiger partial charge in [0.1, 0.15) is 5.82 Å². The molecule has 3 heterocycles. The molecule has 0 bridgehead atoms. The molecule has 0 spiro atoms. The maximum Gasteiger partial charge on any atom is 0.407 e. The van der Waals surface area contributed by atoms with Gasteiger partial charge in [-0.15, -0.1) is 0 Å².